The zero-order chi connectivity index (χ0) is 21.5. The van der Waals surface area contributed by atoms with Crippen LogP contribution < -0.4 is 25.6 Å². The Balaban J connectivity index is 1.59. The van der Waals surface area contributed by atoms with Gasteiger partial charge in [0, 0.05) is 11.3 Å². The van der Waals surface area contributed by atoms with Crippen LogP contribution in [0, 0.1) is 6.92 Å². The van der Waals surface area contributed by atoms with Gasteiger partial charge >= 0.3 is 0 Å². The highest BCUT2D eigenvalue weighted by Gasteiger charge is 2.12. The topological polar surface area (TPSA) is 84.5 Å². The van der Waals surface area contributed by atoms with E-state index in [0.717, 1.165) is 28.4 Å². The molecule has 1 heterocycles. The molecule has 3 rings (SSSR count). The first-order valence-electron chi connectivity index (χ1n) is 9.13. The summed E-state index contributed by atoms with van der Waals surface area (Å²) in [5, 5.41) is 3.24. The highest BCUT2D eigenvalue weighted by Crippen LogP contribution is 2.22. The zero-order valence-corrected chi connectivity index (χ0v) is 17.7. The molecule has 154 valence electrons. The third kappa shape index (κ3) is 5.24. The molecule has 0 saturated carbocycles. The molecule has 0 aliphatic carbocycles. The molecule has 0 aliphatic heterocycles. The van der Waals surface area contributed by atoms with Crippen molar-refractivity contribution < 1.29 is 14.3 Å². The number of thiocarbonyl (C=S) groups is 1. The predicted octanol–water partition coefficient (Wildman–Crippen LogP) is 3.71. The number of carbonyl (C=O) groups excluding carboxylic acids is 1. The molecule has 30 heavy (non-hydrogen) atoms. The molecule has 8 heteroatoms. The van der Waals surface area contributed by atoms with E-state index < -0.39 is 0 Å². The summed E-state index contributed by atoms with van der Waals surface area (Å²) in [6.07, 6.45) is 0. The molecular formula is C22H22N4O3S. The first kappa shape index (κ1) is 21.1. The maximum absolute atomic E-state index is 12.5. The van der Waals surface area contributed by atoms with E-state index in [1.807, 2.05) is 48.5 Å². The summed E-state index contributed by atoms with van der Waals surface area (Å²) in [5.74, 6) is 1.19. The van der Waals surface area contributed by atoms with Gasteiger partial charge < -0.3 is 14.8 Å². The van der Waals surface area contributed by atoms with Crippen molar-refractivity contribution in [3.05, 3.63) is 71.9 Å². The number of nitrogens with one attached hydrogen (secondary N) is 3. The molecule has 3 N–H and O–H groups in total. The van der Waals surface area contributed by atoms with E-state index in [9.17, 15) is 4.79 Å². The standard InChI is InChI=1S/C22H22N4O3S/c1-14-19(12-13-20(23-14)15-4-8-17(28-2)9-5-15)21(27)25-26-22(30)24-16-6-10-18(29-3)11-7-16/h4-13H,1-3H3,(H,25,27)(H2,24,26,30). The van der Waals surface area contributed by atoms with Crippen LogP contribution in [0.4, 0.5) is 5.69 Å². The number of amides is 1. The van der Waals surface area contributed by atoms with Gasteiger partial charge in [-0.3, -0.25) is 20.6 Å². The van der Waals surface area contributed by atoms with Crippen molar-refractivity contribution in [2.45, 2.75) is 6.92 Å². The van der Waals surface area contributed by atoms with Gasteiger partial charge in [-0.1, -0.05) is 0 Å². The summed E-state index contributed by atoms with van der Waals surface area (Å²) in [7, 11) is 3.22. The number of nitrogens with zero attached hydrogens (tertiary/aromatic N) is 1. The Morgan fingerprint density at radius 2 is 1.47 bits per heavy atom. The largest absolute Gasteiger partial charge is 0.497 e. The number of methoxy groups -OCH3 is 2. The highest BCUT2D eigenvalue weighted by molar-refractivity contribution is 7.80. The molecule has 0 fully saturated rings. The van der Waals surface area contributed by atoms with Gasteiger partial charge in [0.05, 0.1) is 31.2 Å². The van der Waals surface area contributed by atoms with Gasteiger partial charge in [-0.2, -0.15) is 0 Å². The molecule has 2 aromatic carbocycles. The SMILES string of the molecule is COc1ccc(NC(=S)NNC(=O)c2ccc(-c3ccc(OC)cc3)nc2C)cc1. The Hall–Kier alpha value is -3.65. The summed E-state index contributed by atoms with van der Waals surface area (Å²) >= 11 is 5.21. The Kier molecular flexibility index (Phi) is 6.82. The molecule has 1 amide bonds. The number of anilines is 1. The molecule has 0 saturated heterocycles. The van der Waals surface area contributed by atoms with Crippen molar-refractivity contribution in [3.8, 4) is 22.8 Å². The van der Waals surface area contributed by atoms with E-state index in [-0.39, 0.29) is 11.0 Å². The molecule has 3 aromatic rings. The molecule has 0 spiro atoms. The Labute approximate surface area is 180 Å². The molecule has 1 aromatic heterocycles. The minimum absolute atomic E-state index is 0.258. The summed E-state index contributed by atoms with van der Waals surface area (Å²) in [6.45, 7) is 1.79. The first-order valence-corrected chi connectivity index (χ1v) is 9.54. The average molecular weight is 423 g/mol. The lowest BCUT2D eigenvalue weighted by Crippen LogP contribution is -2.44. The predicted molar refractivity (Wildman–Crippen MR) is 121 cm³/mol. The van der Waals surface area contributed by atoms with Crippen LogP contribution in [-0.2, 0) is 0 Å². The summed E-state index contributed by atoms with van der Waals surface area (Å²) in [5.41, 5.74) is 8.81. The van der Waals surface area contributed by atoms with E-state index in [1.165, 1.54) is 0 Å². The van der Waals surface area contributed by atoms with E-state index in [1.54, 1.807) is 33.3 Å². The first-order chi connectivity index (χ1) is 14.5. The van der Waals surface area contributed by atoms with Crippen molar-refractivity contribution in [2.75, 3.05) is 19.5 Å². The van der Waals surface area contributed by atoms with Gasteiger partial charge in [0.15, 0.2) is 5.11 Å². The summed E-state index contributed by atoms with van der Waals surface area (Å²) in [6, 6.07) is 18.4. The zero-order valence-electron chi connectivity index (χ0n) is 16.9. The van der Waals surface area contributed by atoms with Crippen molar-refractivity contribution in [3.63, 3.8) is 0 Å². The Bertz CT molecular complexity index is 1040. The van der Waals surface area contributed by atoms with Crippen molar-refractivity contribution >= 4 is 28.9 Å². The number of rotatable bonds is 5. The van der Waals surface area contributed by atoms with Crippen molar-refractivity contribution in [2.24, 2.45) is 0 Å². The number of carbonyl (C=O) groups is 1. The van der Waals surface area contributed by atoms with Gasteiger partial charge in [-0.05, 0) is 79.8 Å². The number of pyridine rings is 1. The summed E-state index contributed by atoms with van der Waals surface area (Å²) < 4.78 is 10.3. The number of hydrogen-bond acceptors (Lipinski definition) is 5. The van der Waals surface area contributed by atoms with Crippen LogP contribution in [-0.4, -0.2) is 30.2 Å². The normalized spacial score (nSPS) is 10.1. The number of hydrogen-bond donors (Lipinski definition) is 3. The second-order valence-electron chi connectivity index (χ2n) is 6.32. The maximum atomic E-state index is 12.5. The second kappa shape index (κ2) is 9.71. The quantitative estimate of drug-likeness (QED) is 0.427. The molecular weight excluding hydrogens is 400 g/mol. The van der Waals surface area contributed by atoms with E-state index in [4.69, 9.17) is 21.7 Å². The number of aryl methyl sites for hydroxylation is 1. The molecule has 0 bridgehead atoms. The van der Waals surface area contributed by atoms with Gasteiger partial charge in [0.1, 0.15) is 11.5 Å². The summed E-state index contributed by atoms with van der Waals surface area (Å²) in [4.78, 5) is 17.0. The molecule has 0 aliphatic rings. The minimum atomic E-state index is -0.333. The number of hydrazine groups is 1. The fourth-order valence-electron chi connectivity index (χ4n) is 2.74. The van der Waals surface area contributed by atoms with Crippen LogP contribution in [0.3, 0.4) is 0 Å². The molecule has 0 unspecified atom stereocenters. The number of benzene rings is 2. The van der Waals surface area contributed by atoms with Crippen LogP contribution in [0.5, 0.6) is 11.5 Å². The van der Waals surface area contributed by atoms with E-state index >= 15 is 0 Å². The van der Waals surface area contributed by atoms with Crippen LogP contribution in [0.25, 0.3) is 11.3 Å². The highest BCUT2D eigenvalue weighted by atomic mass is 32.1. The van der Waals surface area contributed by atoms with Crippen molar-refractivity contribution in [1.29, 1.82) is 0 Å². The van der Waals surface area contributed by atoms with Crippen LogP contribution in [0.15, 0.2) is 60.7 Å². The van der Waals surface area contributed by atoms with E-state index in [2.05, 4.69) is 21.2 Å². The maximum Gasteiger partial charge on any atom is 0.271 e. The van der Waals surface area contributed by atoms with Crippen LogP contribution >= 0.6 is 12.2 Å². The smallest absolute Gasteiger partial charge is 0.271 e. The monoisotopic (exact) mass is 422 g/mol. The van der Waals surface area contributed by atoms with Gasteiger partial charge in [0.2, 0.25) is 0 Å². The Morgan fingerprint density at radius 1 is 0.867 bits per heavy atom. The van der Waals surface area contributed by atoms with Gasteiger partial charge in [-0.15, -0.1) is 0 Å². The third-order valence-electron chi connectivity index (χ3n) is 4.35. The Morgan fingerprint density at radius 3 is 2.03 bits per heavy atom. The molecule has 0 atom stereocenters. The fourth-order valence-corrected chi connectivity index (χ4v) is 2.91. The average Bonchev–Trinajstić information content (AvgIpc) is 2.78. The fraction of sp³-hybridized carbons (Fsp3) is 0.136. The third-order valence-corrected chi connectivity index (χ3v) is 4.56. The van der Waals surface area contributed by atoms with Gasteiger partial charge in [0.25, 0.3) is 5.91 Å². The van der Waals surface area contributed by atoms with Gasteiger partial charge in [-0.25, -0.2) is 0 Å². The second-order valence-corrected chi connectivity index (χ2v) is 6.73. The number of ether oxygens (including phenoxy) is 2. The molecule has 0 radical (unpaired) electrons. The van der Waals surface area contributed by atoms with Crippen LogP contribution in [0.1, 0.15) is 16.1 Å². The number of aromatic nitrogens is 1. The lowest BCUT2D eigenvalue weighted by Gasteiger charge is -2.13. The lowest BCUT2D eigenvalue weighted by atomic mass is 10.1. The molecule has 7 nitrogen and oxygen atoms in total. The minimum Gasteiger partial charge on any atom is -0.497 e. The van der Waals surface area contributed by atoms with Crippen molar-refractivity contribution in [1.82, 2.24) is 15.8 Å². The van der Waals surface area contributed by atoms with E-state index in [0.29, 0.717) is 11.3 Å². The lowest BCUT2D eigenvalue weighted by molar-refractivity contribution is 0.0943. The van der Waals surface area contributed by atoms with Crippen LogP contribution in [0.2, 0.25) is 0 Å².